The average Bonchev–Trinajstić information content (AvgIpc) is 2.66. The fourth-order valence-electron chi connectivity index (χ4n) is 2.10. The maximum atomic E-state index is 2.31. The summed E-state index contributed by atoms with van der Waals surface area (Å²) in [7, 11) is 0. The Bertz CT molecular complexity index is 410. The molecule has 0 saturated heterocycles. The normalized spacial score (nSPS) is 14.5. The minimum Gasteiger partial charge on any atom is -0.0805 e. The molecule has 1 aliphatic carbocycles. The molecule has 1 aliphatic rings. The zero-order valence-corrected chi connectivity index (χ0v) is 9.80. The molecule has 0 bridgehead atoms. The molecule has 1 aromatic rings. The topological polar surface area (TPSA) is 0 Å². The lowest BCUT2D eigenvalue weighted by Crippen LogP contribution is -1.93. The van der Waals surface area contributed by atoms with Gasteiger partial charge in [-0.3, -0.25) is 0 Å². The summed E-state index contributed by atoms with van der Waals surface area (Å²) in [4.78, 5) is 0. The molecule has 0 heteroatoms. The molecule has 0 saturated carbocycles. The van der Waals surface area contributed by atoms with Crippen LogP contribution in [0.1, 0.15) is 28.7 Å². The van der Waals surface area contributed by atoms with Crippen LogP contribution in [0.2, 0.25) is 0 Å². The second-order valence-corrected chi connectivity index (χ2v) is 4.45. The van der Waals surface area contributed by atoms with Crippen molar-refractivity contribution in [3.05, 3.63) is 58.2 Å². The highest BCUT2D eigenvalue weighted by Crippen LogP contribution is 2.20. The first-order valence-corrected chi connectivity index (χ1v) is 5.59. The van der Waals surface area contributed by atoms with Gasteiger partial charge in [-0.15, -0.1) is 0 Å². The third-order valence-electron chi connectivity index (χ3n) is 3.24. The number of aryl methyl sites for hydroxylation is 2. The molecule has 0 atom stereocenters. The minimum absolute atomic E-state index is 1.08. The van der Waals surface area contributed by atoms with Crippen molar-refractivity contribution in [2.75, 3.05) is 0 Å². The lowest BCUT2D eigenvalue weighted by Gasteiger charge is -2.09. The van der Waals surface area contributed by atoms with Crippen molar-refractivity contribution in [3.8, 4) is 0 Å². The molecule has 2 rings (SSSR count). The van der Waals surface area contributed by atoms with Gasteiger partial charge in [0.1, 0.15) is 0 Å². The summed E-state index contributed by atoms with van der Waals surface area (Å²) in [6.45, 7) is 6.60. The van der Waals surface area contributed by atoms with Crippen LogP contribution >= 0.6 is 0 Å². The molecule has 0 heterocycles. The predicted molar refractivity (Wildman–Crippen MR) is 66.2 cm³/mol. The van der Waals surface area contributed by atoms with E-state index in [1.807, 2.05) is 0 Å². The summed E-state index contributed by atoms with van der Waals surface area (Å²) in [6.07, 6.45) is 8.97. The predicted octanol–water partition coefficient (Wildman–Crippen LogP) is 4.04. The van der Waals surface area contributed by atoms with Crippen molar-refractivity contribution in [2.24, 2.45) is 0 Å². The first-order chi connectivity index (χ1) is 7.16. The molecule has 0 aromatic heterocycles. The van der Waals surface area contributed by atoms with Crippen LogP contribution in [0.4, 0.5) is 0 Å². The van der Waals surface area contributed by atoms with E-state index in [-0.39, 0.29) is 0 Å². The van der Waals surface area contributed by atoms with E-state index in [1.54, 1.807) is 0 Å². The molecule has 78 valence electrons. The average molecular weight is 198 g/mol. The molecule has 0 aliphatic heterocycles. The first kappa shape index (κ1) is 10.2. The zero-order valence-electron chi connectivity index (χ0n) is 9.80. The molecule has 0 spiro atoms. The van der Waals surface area contributed by atoms with Gasteiger partial charge in [0.05, 0.1) is 0 Å². The van der Waals surface area contributed by atoms with Crippen LogP contribution in [0.5, 0.6) is 0 Å². The fraction of sp³-hybridized carbons (Fsp3) is 0.333. The SMILES string of the molecule is Cc1cc(CC2=CCC=C2)cc(C)c1C. The van der Waals surface area contributed by atoms with Crippen LogP contribution < -0.4 is 0 Å². The van der Waals surface area contributed by atoms with Gasteiger partial charge in [0.25, 0.3) is 0 Å². The van der Waals surface area contributed by atoms with Crippen molar-refractivity contribution < 1.29 is 0 Å². The fourth-order valence-corrected chi connectivity index (χ4v) is 2.10. The van der Waals surface area contributed by atoms with Gasteiger partial charge in [0, 0.05) is 0 Å². The van der Waals surface area contributed by atoms with Gasteiger partial charge in [0.2, 0.25) is 0 Å². The Hall–Kier alpha value is -1.30. The number of hydrogen-bond donors (Lipinski definition) is 0. The van der Waals surface area contributed by atoms with Gasteiger partial charge in [-0.2, -0.15) is 0 Å². The molecule has 1 aromatic carbocycles. The zero-order chi connectivity index (χ0) is 10.8. The van der Waals surface area contributed by atoms with E-state index < -0.39 is 0 Å². The highest BCUT2D eigenvalue weighted by Gasteiger charge is 2.03. The van der Waals surface area contributed by atoms with Crippen molar-refractivity contribution >= 4 is 0 Å². The van der Waals surface area contributed by atoms with Crippen LogP contribution in [0.3, 0.4) is 0 Å². The Balaban J connectivity index is 2.26. The summed E-state index contributed by atoms with van der Waals surface area (Å²) < 4.78 is 0. The van der Waals surface area contributed by atoms with Gasteiger partial charge >= 0.3 is 0 Å². The number of hydrogen-bond acceptors (Lipinski definition) is 0. The van der Waals surface area contributed by atoms with Gasteiger partial charge < -0.3 is 0 Å². The lowest BCUT2D eigenvalue weighted by molar-refractivity contribution is 1.15. The summed E-state index contributed by atoms with van der Waals surface area (Å²) in [6, 6.07) is 4.63. The van der Waals surface area contributed by atoms with Crippen molar-refractivity contribution in [1.82, 2.24) is 0 Å². The Morgan fingerprint density at radius 2 is 1.73 bits per heavy atom. The van der Waals surface area contributed by atoms with E-state index in [0.29, 0.717) is 0 Å². The number of allylic oxidation sites excluding steroid dienone is 4. The van der Waals surface area contributed by atoms with E-state index in [0.717, 1.165) is 12.8 Å². The number of rotatable bonds is 2. The molecule has 0 amide bonds. The van der Waals surface area contributed by atoms with Crippen LogP contribution in [0, 0.1) is 20.8 Å². The largest absolute Gasteiger partial charge is 0.0805 e. The highest BCUT2D eigenvalue weighted by molar-refractivity contribution is 5.40. The Labute approximate surface area is 92.3 Å². The van der Waals surface area contributed by atoms with Crippen LogP contribution in [-0.4, -0.2) is 0 Å². The standard InChI is InChI=1S/C15H18/c1-11-8-15(9-12(2)13(11)3)10-14-6-4-5-7-14/h4,6-9H,5,10H2,1-3H3. The summed E-state index contributed by atoms with van der Waals surface area (Å²) >= 11 is 0. The van der Waals surface area contributed by atoms with Crippen LogP contribution in [0.15, 0.2) is 35.9 Å². The maximum absolute atomic E-state index is 2.31. The Morgan fingerprint density at radius 1 is 1.07 bits per heavy atom. The lowest BCUT2D eigenvalue weighted by atomic mass is 9.97. The third-order valence-corrected chi connectivity index (χ3v) is 3.24. The maximum Gasteiger partial charge on any atom is -0.00287 e. The number of benzene rings is 1. The highest BCUT2D eigenvalue weighted by atomic mass is 14.1. The Morgan fingerprint density at radius 3 is 2.27 bits per heavy atom. The smallest absolute Gasteiger partial charge is 0.00287 e. The van der Waals surface area contributed by atoms with Crippen molar-refractivity contribution in [2.45, 2.75) is 33.6 Å². The first-order valence-electron chi connectivity index (χ1n) is 5.59. The van der Waals surface area contributed by atoms with E-state index in [1.165, 1.54) is 27.8 Å². The molecule has 15 heavy (non-hydrogen) atoms. The minimum atomic E-state index is 1.08. The summed E-state index contributed by atoms with van der Waals surface area (Å²) in [5, 5.41) is 0. The second-order valence-electron chi connectivity index (χ2n) is 4.45. The van der Waals surface area contributed by atoms with Crippen LogP contribution in [-0.2, 0) is 6.42 Å². The van der Waals surface area contributed by atoms with E-state index in [4.69, 9.17) is 0 Å². The molecular formula is C15H18. The molecule has 0 radical (unpaired) electrons. The van der Waals surface area contributed by atoms with E-state index in [2.05, 4.69) is 51.1 Å². The van der Waals surface area contributed by atoms with Crippen molar-refractivity contribution in [1.29, 1.82) is 0 Å². The van der Waals surface area contributed by atoms with Gasteiger partial charge in [-0.05, 0) is 61.4 Å². The van der Waals surface area contributed by atoms with Gasteiger partial charge in [-0.25, -0.2) is 0 Å². The van der Waals surface area contributed by atoms with E-state index in [9.17, 15) is 0 Å². The molecule has 0 unspecified atom stereocenters. The Kier molecular flexibility index (Phi) is 2.77. The second kappa shape index (κ2) is 4.06. The molecule has 0 N–H and O–H groups in total. The van der Waals surface area contributed by atoms with Crippen molar-refractivity contribution in [3.63, 3.8) is 0 Å². The summed E-state index contributed by atoms with van der Waals surface area (Å²) in [5.74, 6) is 0. The molecule has 0 fully saturated rings. The third kappa shape index (κ3) is 2.20. The summed E-state index contributed by atoms with van der Waals surface area (Å²) in [5.41, 5.74) is 7.14. The van der Waals surface area contributed by atoms with Gasteiger partial charge in [0.15, 0.2) is 0 Å². The molecule has 0 nitrogen and oxygen atoms in total. The quantitative estimate of drug-likeness (QED) is 0.672. The van der Waals surface area contributed by atoms with Gasteiger partial charge in [-0.1, -0.05) is 30.4 Å². The molecular weight excluding hydrogens is 180 g/mol. The van der Waals surface area contributed by atoms with E-state index >= 15 is 0 Å². The van der Waals surface area contributed by atoms with Crippen LogP contribution in [0.25, 0.3) is 0 Å². The monoisotopic (exact) mass is 198 g/mol.